The monoisotopic (exact) mass is 295 g/mol. The molecule has 0 bridgehead atoms. The van der Waals surface area contributed by atoms with Gasteiger partial charge in [0.15, 0.2) is 0 Å². The first-order valence-electron chi connectivity index (χ1n) is 5.78. The zero-order chi connectivity index (χ0) is 14.9. The van der Waals surface area contributed by atoms with Crippen LogP contribution in [-0.2, 0) is 6.54 Å². The van der Waals surface area contributed by atoms with Gasteiger partial charge >= 0.3 is 5.97 Å². The summed E-state index contributed by atoms with van der Waals surface area (Å²) in [7, 11) is 0. The van der Waals surface area contributed by atoms with Crippen molar-refractivity contribution in [2.45, 2.75) is 13.5 Å². The molecule has 0 aliphatic carbocycles. The summed E-state index contributed by atoms with van der Waals surface area (Å²) < 4.78 is 14.6. The van der Waals surface area contributed by atoms with Gasteiger partial charge in [0.05, 0.1) is 11.6 Å². The normalized spacial score (nSPS) is 10.6. The zero-order valence-electron chi connectivity index (χ0n) is 10.6. The number of carboxylic acids is 1. The number of hydrogen-bond donors (Lipinski definition) is 1. The lowest BCUT2D eigenvalue weighted by atomic mass is 10.2. The van der Waals surface area contributed by atoms with Crippen LogP contribution in [0.3, 0.4) is 0 Å². The highest BCUT2D eigenvalue weighted by Crippen LogP contribution is 2.20. The molecule has 1 aromatic heterocycles. The van der Waals surface area contributed by atoms with Gasteiger partial charge in [0, 0.05) is 5.69 Å². The van der Waals surface area contributed by atoms with E-state index in [4.69, 9.17) is 16.7 Å². The van der Waals surface area contributed by atoms with E-state index in [-0.39, 0.29) is 17.1 Å². The Morgan fingerprint density at radius 2 is 2.05 bits per heavy atom. The third-order valence-electron chi connectivity index (χ3n) is 2.98. The fourth-order valence-corrected chi connectivity index (χ4v) is 2.06. The third kappa shape index (κ3) is 2.58. The van der Waals surface area contributed by atoms with E-state index in [1.807, 2.05) is 0 Å². The van der Waals surface area contributed by atoms with Gasteiger partial charge < -0.3 is 9.67 Å². The molecule has 0 aliphatic rings. The van der Waals surface area contributed by atoms with E-state index in [1.165, 1.54) is 28.8 Å². The van der Waals surface area contributed by atoms with Crippen LogP contribution in [0.4, 0.5) is 4.39 Å². The maximum Gasteiger partial charge on any atom is 0.341 e. The van der Waals surface area contributed by atoms with Gasteiger partial charge in [-0.25, -0.2) is 9.18 Å². The standard InChI is InChI=1S/C14H11ClFNO3/c1-8-5-6-10(14(19)20)13(18)17(8)7-9-3-2-4-11(16)12(9)15/h2-6H,7H2,1H3,(H,19,20). The first kappa shape index (κ1) is 14.3. The van der Waals surface area contributed by atoms with Gasteiger partial charge in [-0.15, -0.1) is 0 Å². The van der Waals surface area contributed by atoms with E-state index in [0.717, 1.165) is 0 Å². The molecule has 104 valence electrons. The lowest BCUT2D eigenvalue weighted by Gasteiger charge is -2.12. The van der Waals surface area contributed by atoms with E-state index in [9.17, 15) is 14.0 Å². The fourth-order valence-electron chi connectivity index (χ4n) is 1.87. The first-order chi connectivity index (χ1) is 9.41. The minimum Gasteiger partial charge on any atom is -0.477 e. The van der Waals surface area contributed by atoms with Gasteiger partial charge in [-0.3, -0.25) is 4.79 Å². The molecule has 2 rings (SSSR count). The molecule has 0 saturated carbocycles. The van der Waals surface area contributed by atoms with Gasteiger partial charge in [-0.2, -0.15) is 0 Å². The molecule has 0 atom stereocenters. The van der Waals surface area contributed by atoms with Crippen LogP contribution >= 0.6 is 11.6 Å². The van der Waals surface area contributed by atoms with E-state index < -0.39 is 17.3 Å². The van der Waals surface area contributed by atoms with Crippen LogP contribution in [0.1, 0.15) is 21.6 Å². The van der Waals surface area contributed by atoms with Crippen LogP contribution < -0.4 is 5.56 Å². The summed E-state index contributed by atoms with van der Waals surface area (Å²) in [6.07, 6.45) is 0. The molecule has 1 N–H and O–H groups in total. The third-order valence-corrected chi connectivity index (χ3v) is 3.41. The summed E-state index contributed by atoms with van der Waals surface area (Å²) in [6, 6.07) is 7.07. The predicted molar refractivity (Wildman–Crippen MR) is 72.9 cm³/mol. The SMILES string of the molecule is Cc1ccc(C(=O)O)c(=O)n1Cc1cccc(F)c1Cl. The van der Waals surface area contributed by atoms with Crippen LogP contribution in [0.25, 0.3) is 0 Å². The van der Waals surface area contributed by atoms with Crippen molar-refractivity contribution in [1.82, 2.24) is 4.57 Å². The number of benzene rings is 1. The van der Waals surface area contributed by atoms with E-state index in [2.05, 4.69) is 0 Å². The summed E-state index contributed by atoms with van der Waals surface area (Å²) in [5.41, 5.74) is 0.0145. The molecule has 6 heteroatoms. The summed E-state index contributed by atoms with van der Waals surface area (Å²) in [5, 5.41) is 8.88. The number of aromatic nitrogens is 1. The van der Waals surface area contributed by atoms with Crippen LogP contribution in [0.2, 0.25) is 5.02 Å². The molecule has 20 heavy (non-hydrogen) atoms. The second-order valence-electron chi connectivity index (χ2n) is 4.30. The summed E-state index contributed by atoms with van der Waals surface area (Å²) in [6.45, 7) is 1.68. The molecular weight excluding hydrogens is 285 g/mol. The van der Waals surface area contributed by atoms with Gasteiger partial charge in [-0.1, -0.05) is 23.7 Å². The van der Waals surface area contributed by atoms with Crippen molar-refractivity contribution < 1.29 is 14.3 Å². The van der Waals surface area contributed by atoms with Crippen molar-refractivity contribution in [3.63, 3.8) is 0 Å². The topological polar surface area (TPSA) is 59.3 Å². The molecule has 0 spiro atoms. The van der Waals surface area contributed by atoms with Crippen LogP contribution in [0.15, 0.2) is 35.1 Å². The Hall–Kier alpha value is -2.14. The van der Waals surface area contributed by atoms with Gasteiger partial charge in [0.1, 0.15) is 11.4 Å². The second kappa shape index (κ2) is 5.46. The molecule has 0 unspecified atom stereocenters. The maximum absolute atomic E-state index is 13.4. The molecule has 0 radical (unpaired) electrons. The Bertz CT molecular complexity index is 740. The first-order valence-corrected chi connectivity index (χ1v) is 6.16. The molecule has 2 aromatic rings. The maximum atomic E-state index is 13.4. The average molecular weight is 296 g/mol. The lowest BCUT2D eigenvalue weighted by Crippen LogP contribution is -2.28. The highest BCUT2D eigenvalue weighted by molar-refractivity contribution is 6.31. The summed E-state index contributed by atoms with van der Waals surface area (Å²) >= 11 is 5.84. The molecule has 4 nitrogen and oxygen atoms in total. The predicted octanol–water partition coefficient (Wildman–Crippen LogP) is 2.70. The van der Waals surface area contributed by atoms with Crippen LogP contribution in [-0.4, -0.2) is 15.6 Å². The van der Waals surface area contributed by atoms with Crippen molar-refractivity contribution in [3.8, 4) is 0 Å². The fraction of sp³-hybridized carbons (Fsp3) is 0.143. The molecule has 1 heterocycles. The molecule has 1 aromatic carbocycles. The Morgan fingerprint density at radius 1 is 1.35 bits per heavy atom. The van der Waals surface area contributed by atoms with Crippen molar-refractivity contribution in [1.29, 1.82) is 0 Å². The van der Waals surface area contributed by atoms with Crippen molar-refractivity contribution in [3.05, 3.63) is 68.3 Å². The minimum atomic E-state index is -1.30. The van der Waals surface area contributed by atoms with Gasteiger partial charge in [-0.05, 0) is 30.7 Å². The van der Waals surface area contributed by atoms with Crippen LogP contribution in [0.5, 0.6) is 0 Å². The smallest absolute Gasteiger partial charge is 0.341 e. The Kier molecular flexibility index (Phi) is 3.90. The number of aryl methyl sites for hydroxylation is 1. The number of halogens is 2. The van der Waals surface area contributed by atoms with Crippen molar-refractivity contribution >= 4 is 17.6 Å². The van der Waals surface area contributed by atoms with E-state index in [1.54, 1.807) is 13.0 Å². The number of pyridine rings is 1. The van der Waals surface area contributed by atoms with E-state index >= 15 is 0 Å². The Labute approximate surface area is 119 Å². The molecule has 0 saturated heterocycles. The molecular formula is C14H11ClFNO3. The average Bonchev–Trinajstić information content (AvgIpc) is 2.38. The largest absolute Gasteiger partial charge is 0.477 e. The summed E-state index contributed by atoms with van der Waals surface area (Å²) in [5.74, 6) is -1.88. The number of rotatable bonds is 3. The Balaban J connectivity index is 2.54. The quantitative estimate of drug-likeness (QED) is 0.947. The number of carbonyl (C=O) groups is 1. The van der Waals surface area contributed by atoms with E-state index in [0.29, 0.717) is 11.3 Å². The summed E-state index contributed by atoms with van der Waals surface area (Å²) in [4.78, 5) is 23.0. The number of nitrogens with zero attached hydrogens (tertiary/aromatic N) is 1. The highest BCUT2D eigenvalue weighted by atomic mass is 35.5. The lowest BCUT2D eigenvalue weighted by molar-refractivity contribution is 0.0694. The second-order valence-corrected chi connectivity index (χ2v) is 4.68. The van der Waals surface area contributed by atoms with Gasteiger partial charge in [0.25, 0.3) is 5.56 Å². The van der Waals surface area contributed by atoms with Crippen molar-refractivity contribution in [2.24, 2.45) is 0 Å². The van der Waals surface area contributed by atoms with Gasteiger partial charge in [0.2, 0.25) is 0 Å². The number of aromatic carboxylic acids is 1. The minimum absolute atomic E-state index is 0.0162. The molecule has 0 amide bonds. The van der Waals surface area contributed by atoms with Crippen molar-refractivity contribution in [2.75, 3.05) is 0 Å². The van der Waals surface area contributed by atoms with Crippen LogP contribution in [0, 0.1) is 12.7 Å². The zero-order valence-corrected chi connectivity index (χ0v) is 11.3. The number of carboxylic acid groups (broad SMARTS) is 1. The molecule has 0 fully saturated rings. The molecule has 0 aliphatic heterocycles. The highest BCUT2D eigenvalue weighted by Gasteiger charge is 2.14. The Morgan fingerprint density at radius 3 is 2.70 bits per heavy atom. The number of hydrogen-bond acceptors (Lipinski definition) is 2.